The van der Waals surface area contributed by atoms with Crippen molar-refractivity contribution in [3.8, 4) is 0 Å². The minimum absolute atomic E-state index is 0.166. The fraction of sp³-hybridized carbons (Fsp3) is 0.750. The molecule has 2 rings (SSSR count). The molecule has 0 bridgehead atoms. The highest BCUT2D eigenvalue weighted by molar-refractivity contribution is 5.10. The van der Waals surface area contributed by atoms with Crippen LogP contribution >= 0.6 is 0 Å². The Hall–Kier alpha value is -0.830. The zero-order valence-electron chi connectivity index (χ0n) is 10.2. The summed E-state index contributed by atoms with van der Waals surface area (Å²) in [6.45, 7) is 12.4. The van der Waals surface area contributed by atoms with Crippen molar-refractivity contribution >= 4 is 0 Å². The van der Waals surface area contributed by atoms with Crippen LogP contribution in [0.4, 0.5) is 0 Å². The number of hydrogen-bond acceptors (Lipinski definition) is 2. The third-order valence-corrected chi connectivity index (χ3v) is 3.18. The van der Waals surface area contributed by atoms with E-state index in [-0.39, 0.29) is 5.41 Å². The Kier molecular flexibility index (Phi) is 2.59. The summed E-state index contributed by atoms with van der Waals surface area (Å²) in [6, 6.07) is 0.647. The van der Waals surface area contributed by atoms with E-state index in [2.05, 4.69) is 48.3 Å². The van der Waals surface area contributed by atoms with E-state index < -0.39 is 0 Å². The lowest BCUT2D eigenvalue weighted by atomic mass is 9.93. The summed E-state index contributed by atoms with van der Waals surface area (Å²) in [7, 11) is 0. The van der Waals surface area contributed by atoms with Gasteiger partial charge in [-0.3, -0.25) is 4.90 Å². The summed E-state index contributed by atoms with van der Waals surface area (Å²) in [5.74, 6) is 0. The Balaban J connectivity index is 2.03. The minimum Gasteiger partial charge on any atom is -0.332 e. The van der Waals surface area contributed by atoms with E-state index in [1.54, 1.807) is 0 Å². The van der Waals surface area contributed by atoms with Gasteiger partial charge in [-0.2, -0.15) is 0 Å². The molecule has 1 fully saturated rings. The van der Waals surface area contributed by atoms with E-state index in [9.17, 15) is 0 Å². The smallest absolute Gasteiger partial charge is 0.0953 e. The molecule has 1 aromatic heterocycles. The van der Waals surface area contributed by atoms with Crippen LogP contribution in [0.1, 0.15) is 39.4 Å². The van der Waals surface area contributed by atoms with Crippen molar-refractivity contribution in [3.05, 3.63) is 18.2 Å². The quantitative estimate of drug-likeness (QED) is 0.740. The Bertz CT molecular complexity index is 329. The predicted molar refractivity (Wildman–Crippen MR) is 62.1 cm³/mol. The summed E-state index contributed by atoms with van der Waals surface area (Å²) < 4.78 is 2.27. The van der Waals surface area contributed by atoms with Crippen LogP contribution in [0.15, 0.2) is 12.5 Å². The second-order valence-corrected chi connectivity index (χ2v) is 5.46. The maximum absolute atomic E-state index is 4.49. The molecule has 1 saturated heterocycles. The monoisotopic (exact) mass is 207 g/mol. The zero-order valence-corrected chi connectivity index (χ0v) is 10.2. The molecule has 0 unspecified atom stereocenters. The normalized spacial score (nSPS) is 19.2. The molecule has 1 aromatic rings. The number of rotatable bonds is 2. The van der Waals surface area contributed by atoms with Gasteiger partial charge in [0.25, 0.3) is 0 Å². The molecule has 0 spiro atoms. The Morgan fingerprint density at radius 3 is 2.53 bits per heavy atom. The molecule has 0 radical (unpaired) electrons. The highest BCUT2D eigenvalue weighted by atomic mass is 15.3. The maximum Gasteiger partial charge on any atom is 0.0953 e. The first-order valence-electron chi connectivity index (χ1n) is 5.77. The SMILES string of the molecule is CCN1CC(n2cnc(C(C)(C)C)c2)C1. The van der Waals surface area contributed by atoms with E-state index in [1.165, 1.54) is 18.8 Å². The van der Waals surface area contributed by atoms with Gasteiger partial charge in [0.15, 0.2) is 0 Å². The van der Waals surface area contributed by atoms with Crippen molar-refractivity contribution in [3.63, 3.8) is 0 Å². The molecule has 0 amide bonds. The van der Waals surface area contributed by atoms with Crippen LogP contribution < -0.4 is 0 Å². The molecule has 1 aliphatic rings. The Morgan fingerprint density at radius 2 is 2.07 bits per heavy atom. The highest BCUT2D eigenvalue weighted by Gasteiger charge is 2.27. The van der Waals surface area contributed by atoms with Crippen molar-refractivity contribution in [1.82, 2.24) is 14.5 Å². The lowest BCUT2D eigenvalue weighted by Crippen LogP contribution is -2.46. The molecule has 0 saturated carbocycles. The molecule has 15 heavy (non-hydrogen) atoms. The van der Waals surface area contributed by atoms with Crippen LogP contribution in [0.2, 0.25) is 0 Å². The number of aromatic nitrogens is 2. The van der Waals surface area contributed by atoms with E-state index in [4.69, 9.17) is 0 Å². The number of likely N-dealkylation sites (N-methyl/N-ethyl adjacent to an activating group) is 1. The molecule has 1 aliphatic heterocycles. The third kappa shape index (κ3) is 2.07. The largest absolute Gasteiger partial charge is 0.332 e. The molecule has 3 nitrogen and oxygen atoms in total. The third-order valence-electron chi connectivity index (χ3n) is 3.18. The van der Waals surface area contributed by atoms with E-state index in [0.29, 0.717) is 6.04 Å². The van der Waals surface area contributed by atoms with Gasteiger partial charge >= 0.3 is 0 Å². The Morgan fingerprint density at radius 1 is 1.40 bits per heavy atom. The lowest BCUT2D eigenvalue weighted by Gasteiger charge is -2.39. The maximum atomic E-state index is 4.49. The molecule has 0 aromatic carbocycles. The second kappa shape index (κ2) is 3.63. The lowest BCUT2D eigenvalue weighted by molar-refractivity contribution is 0.114. The van der Waals surface area contributed by atoms with Gasteiger partial charge in [-0.05, 0) is 6.54 Å². The van der Waals surface area contributed by atoms with Gasteiger partial charge in [-0.1, -0.05) is 27.7 Å². The van der Waals surface area contributed by atoms with E-state index in [0.717, 1.165) is 6.54 Å². The van der Waals surface area contributed by atoms with E-state index in [1.807, 2.05) is 6.33 Å². The molecule has 2 heterocycles. The number of hydrogen-bond donors (Lipinski definition) is 0. The van der Waals surface area contributed by atoms with Crippen LogP contribution in [0.5, 0.6) is 0 Å². The number of imidazole rings is 1. The predicted octanol–water partition coefficient (Wildman–Crippen LogP) is 2.06. The zero-order chi connectivity index (χ0) is 11.1. The first kappa shape index (κ1) is 10.7. The topological polar surface area (TPSA) is 21.1 Å². The first-order chi connectivity index (χ1) is 7.00. The van der Waals surface area contributed by atoms with Gasteiger partial charge in [0.05, 0.1) is 18.1 Å². The summed E-state index contributed by atoms with van der Waals surface area (Å²) >= 11 is 0. The second-order valence-electron chi connectivity index (χ2n) is 5.46. The van der Waals surface area contributed by atoms with E-state index >= 15 is 0 Å². The van der Waals surface area contributed by atoms with Crippen LogP contribution in [0.3, 0.4) is 0 Å². The average molecular weight is 207 g/mol. The van der Waals surface area contributed by atoms with Gasteiger partial charge < -0.3 is 4.57 Å². The van der Waals surface area contributed by atoms with Crippen molar-refractivity contribution in [2.45, 2.75) is 39.2 Å². The van der Waals surface area contributed by atoms with Crippen molar-refractivity contribution in [2.75, 3.05) is 19.6 Å². The average Bonchev–Trinajstić information content (AvgIpc) is 2.50. The van der Waals surface area contributed by atoms with Crippen LogP contribution in [0, 0.1) is 0 Å². The van der Waals surface area contributed by atoms with Crippen molar-refractivity contribution in [2.24, 2.45) is 0 Å². The summed E-state index contributed by atoms with van der Waals surface area (Å²) in [6.07, 6.45) is 4.19. The van der Waals surface area contributed by atoms with Crippen molar-refractivity contribution in [1.29, 1.82) is 0 Å². The molecule has 0 N–H and O–H groups in total. The van der Waals surface area contributed by atoms with Crippen molar-refractivity contribution < 1.29 is 0 Å². The van der Waals surface area contributed by atoms with Crippen LogP contribution in [-0.2, 0) is 5.41 Å². The van der Waals surface area contributed by atoms with Crippen LogP contribution in [0.25, 0.3) is 0 Å². The molecule has 84 valence electrons. The summed E-state index contributed by atoms with van der Waals surface area (Å²) in [4.78, 5) is 6.93. The standard InChI is InChI=1S/C12H21N3/c1-5-14-6-10(7-14)15-8-11(13-9-15)12(2,3)4/h8-10H,5-7H2,1-4H3. The molecular formula is C12H21N3. The number of likely N-dealkylation sites (tertiary alicyclic amines) is 1. The van der Waals surface area contributed by atoms with Gasteiger partial charge in [-0.25, -0.2) is 4.98 Å². The fourth-order valence-corrected chi connectivity index (χ4v) is 1.91. The highest BCUT2D eigenvalue weighted by Crippen LogP contribution is 2.24. The van der Waals surface area contributed by atoms with Crippen LogP contribution in [-0.4, -0.2) is 34.1 Å². The summed E-state index contributed by atoms with van der Waals surface area (Å²) in [5.41, 5.74) is 1.36. The fourth-order valence-electron chi connectivity index (χ4n) is 1.91. The minimum atomic E-state index is 0.166. The molecule has 0 atom stereocenters. The Labute approximate surface area is 92.1 Å². The molecule has 3 heteroatoms. The van der Waals surface area contributed by atoms with Gasteiger partial charge in [-0.15, -0.1) is 0 Å². The summed E-state index contributed by atoms with van der Waals surface area (Å²) in [5, 5.41) is 0. The number of nitrogens with zero attached hydrogens (tertiary/aromatic N) is 3. The van der Waals surface area contributed by atoms with Gasteiger partial charge in [0.2, 0.25) is 0 Å². The first-order valence-corrected chi connectivity index (χ1v) is 5.77. The van der Waals surface area contributed by atoms with Gasteiger partial charge in [0.1, 0.15) is 0 Å². The van der Waals surface area contributed by atoms with Gasteiger partial charge in [0, 0.05) is 24.7 Å². The molecular weight excluding hydrogens is 186 g/mol. The molecule has 0 aliphatic carbocycles.